The second-order valence-corrected chi connectivity index (χ2v) is 8.87. The van der Waals surface area contributed by atoms with Crippen LogP contribution in [0, 0.1) is 0 Å². The molecule has 1 amide bonds. The average Bonchev–Trinajstić information content (AvgIpc) is 3.10. The van der Waals surface area contributed by atoms with E-state index >= 15 is 0 Å². The summed E-state index contributed by atoms with van der Waals surface area (Å²) in [5.41, 5.74) is 4.50. The monoisotopic (exact) mass is 433 g/mol. The van der Waals surface area contributed by atoms with E-state index in [4.69, 9.17) is 4.74 Å². The van der Waals surface area contributed by atoms with Gasteiger partial charge in [0.1, 0.15) is 12.6 Å². The zero-order valence-corrected chi connectivity index (χ0v) is 17.8. The molecule has 0 fully saturated rings. The van der Waals surface area contributed by atoms with E-state index in [1.54, 1.807) is 6.92 Å². The van der Waals surface area contributed by atoms with Crippen LogP contribution in [0.5, 0.6) is 0 Å². The van der Waals surface area contributed by atoms with E-state index in [1.165, 1.54) is 11.8 Å². The summed E-state index contributed by atoms with van der Waals surface area (Å²) in [5.74, 6) is -1.16. The molecule has 2 atom stereocenters. The lowest BCUT2D eigenvalue weighted by atomic mass is 9.98. The van der Waals surface area contributed by atoms with E-state index < -0.39 is 18.1 Å². The summed E-state index contributed by atoms with van der Waals surface area (Å²) >= 11 is 1.40. The summed E-state index contributed by atoms with van der Waals surface area (Å²) in [7, 11) is 0. The minimum absolute atomic E-state index is 0.0717. The Labute approximate surface area is 185 Å². The minimum atomic E-state index is -1.09. The molecule has 1 aliphatic rings. The van der Waals surface area contributed by atoms with Gasteiger partial charge in [-0.1, -0.05) is 73.7 Å². The standard InChI is InChI=1S/C25H23NO4S/c1-16(31-17-9-3-2-4-10-17)23(24(27)28)26-25(29)30-15-22-20-13-7-5-11-18(20)19-12-6-8-14-21(19)22/h2-14,16,22-23H,15H2,1H3,(H,26,29)(H,27,28). The molecule has 0 aromatic heterocycles. The van der Waals surface area contributed by atoms with E-state index in [0.717, 1.165) is 27.1 Å². The summed E-state index contributed by atoms with van der Waals surface area (Å²) in [5, 5.41) is 11.8. The van der Waals surface area contributed by atoms with Crippen LogP contribution < -0.4 is 5.32 Å². The van der Waals surface area contributed by atoms with Crippen molar-refractivity contribution in [2.75, 3.05) is 6.61 Å². The van der Waals surface area contributed by atoms with Crippen molar-refractivity contribution in [3.05, 3.63) is 90.0 Å². The Hall–Kier alpha value is -3.25. The maximum atomic E-state index is 12.5. The molecule has 31 heavy (non-hydrogen) atoms. The van der Waals surface area contributed by atoms with Crippen LogP contribution in [0.25, 0.3) is 11.1 Å². The number of alkyl carbamates (subject to hydrolysis) is 1. The van der Waals surface area contributed by atoms with Gasteiger partial charge in [0.05, 0.1) is 0 Å². The Morgan fingerprint density at radius 2 is 1.48 bits per heavy atom. The van der Waals surface area contributed by atoms with Gasteiger partial charge in [-0.15, -0.1) is 11.8 Å². The lowest BCUT2D eigenvalue weighted by Crippen LogP contribution is -2.47. The lowest BCUT2D eigenvalue weighted by Gasteiger charge is -2.21. The summed E-state index contributed by atoms with van der Waals surface area (Å²) < 4.78 is 5.50. The van der Waals surface area contributed by atoms with Gasteiger partial charge in [0.25, 0.3) is 0 Å². The molecule has 0 spiro atoms. The van der Waals surface area contributed by atoms with Crippen LogP contribution >= 0.6 is 11.8 Å². The summed E-state index contributed by atoms with van der Waals surface area (Å²) in [6.07, 6.45) is -0.727. The molecule has 2 unspecified atom stereocenters. The van der Waals surface area contributed by atoms with Gasteiger partial charge in [-0.25, -0.2) is 9.59 Å². The molecular formula is C25H23NO4S. The number of rotatable bonds is 7. The molecule has 0 radical (unpaired) electrons. The maximum Gasteiger partial charge on any atom is 0.407 e. The number of hydrogen-bond acceptors (Lipinski definition) is 4. The minimum Gasteiger partial charge on any atom is -0.480 e. The molecule has 0 bridgehead atoms. The number of benzene rings is 3. The molecule has 0 aliphatic heterocycles. The predicted octanol–water partition coefficient (Wildman–Crippen LogP) is 5.16. The molecule has 5 nitrogen and oxygen atoms in total. The first kappa shape index (κ1) is 21.0. The normalized spacial score (nSPS) is 14.2. The van der Waals surface area contributed by atoms with E-state index in [-0.39, 0.29) is 17.8 Å². The van der Waals surface area contributed by atoms with Crippen LogP contribution in [0.15, 0.2) is 83.8 Å². The van der Waals surface area contributed by atoms with Gasteiger partial charge < -0.3 is 15.2 Å². The molecular weight excluding hydrogens is 410 g/mol. The van der Waals surface area contributed by atoms with E-state index in [0.29, 0.717) is 0 Å². The highest BCUT2D eigenvalue weighted by atomic mass is 32.2. The topological polar surface area (TPSA) is 75.6 Å². The quantitative estimate of drug-likeness (QED) is 0.504. The lowest BCUT2D eigenvalue weighted by molar-refractivity contribution is -0.139. The van der Waals surface area contributed by atoms with Crippen molar-refractivity contribution in [3.63, 3.8) is 0 Å². The fourth-order valence-corrected chi connectivity index (χ4v) is 4.99. The Morgan fingerprint density at radius 3 is 2.06 bits per heavy atom. The van der Waals surface area contributed by atoms with Crippen molar-refractivity contribution in [1.82, 2.24) is 5.32 Å². The number of thioether (sulfide) groups is 1. The Kier molecular flexibility index (Phi) is 6.28. The third-order valence-electron chi connectivity index (χ3n) is 5.42. The van der Waals surface area contributed by atoms with E-state index in [9.17, 15) is 14.7 Å². The SMILES string of the molecule is CC(Sc1ccccc1)C(NC(=O)OCC1c2ccccc2-c2ccccc21)C(=O)O. The molecule has 3 aromatic rings. The largest absolute Gasteiger partial charge is 0.480 e. The highest BCUT2D eigenvalue weighted by molar-refractivity contribution is 8.00. The third-order valence-corrected chi connectivity index (χ3v) is 6.61. The number of carboxylic acids is 1. The van der Waals surface area contributed by atoms with Crippen molar-refractivity contribution in [3.8, 4) is 11.1 Å². The molecule has 2 N–H and O–H groups in total. The molecule has 0 saturated carbocycles. The zero-order chi connectivity index (χ0) is 21.8. The van der Waals surface area contributed by atoms with Gasteiger partial charge >= 0.3 is 12.1 Å². The maximum absolute atomic E-state index is 12.5. The first-order valence-corrected chi connectivity index (χ1v) is 11.0. The Bertz CT molecular complexity index is 1040. The number of nitrogens with one attached hydrogen (secondary N) is 1. The molecule has 6 heteroatoms. The number of carbonyl (C=O) groups is 2. The van der Waals surface area contributed by atoms with Crippen LogP contribution in [0.4, 0.5) is 4.79 Å². The molecule has 3 aromatic carbocycles. The van der Waals surface area contributed by atoms with Gasteiger partial charge in [-0.05, 0) is 34.4 Å². The van der Waals surface area contributed by atoms with E-state index in [1.807, 2.05) is 66.7 Å². The number of aliphatic carboxylic acids is 1. The predicted molar refractivity (Wildman–Crippen MR) is 121 cm³/mol. The number of hydrogen-bond donors (Lipinski definition) is 2. The molecule has 1 aliphatic carbocycles. The van der Waals surface area contributed by atoms with Gasteiger partial charge in [0, 0.05) is 16.1 Å². The van der Waals surface area contributed by atoms with Crippen molar-refractivity contribution >= 4 is 23.8 Å². The van der Waals surface area contributed by atoms with Crippen molar-refractivity contribution in [1.29, 1.82) is 0 Å². The zero-order valence-electron chi connectivity index (χ0n) is 17.0. The summed E-state index contributed by atoms with van der Waals surface area (Å²) in [4.78, 5) is 25.2. The smallest absolute Gasteiger partial charge is 0.407 e. The van der Waals surface area contributed by atoms with Crippen LogP contribution in [0.3, 0.4) is 0 Å². The van der Waals surface area contributed by atoms with Crippen molar-refractivity contribution < 1.29 is 19.4 Å². The van der Waals surface area contributed by atoms with Gasteiger partial charge in [0.2, 0.25) is 0 Å². The summed E-state index contributed by atoms with van der Waals surface area (Å²) in [6, 6.07) is 24.6. The third kappa shape index (κ3) is 4.59. The number of carboxylic acid groups (broad SMARTS) is 1. The first-order chi connectivity index (χ1) is 15.0. The molecule has 4 rings (SSSR count). The van der Waals surface area contributed by atoms with Gasteiger partial charge in [-0.2, -0.15) is 0 Å². The van der Waals surface area contributed by atoms with Crippen LogP contribution in [0.2, 0.25) is 0 Å². The average molecular weight is 434 g/mol. The number of carbonyl (C=O) groups excluding carboxylic acids is 1. The number of fused-ring (bicyclic) bond motifs is 3. The fraction of sp³-hybridized carbons (Fsp3) is 0.200. The molecule has 158 valence electrons. The van der Waals surface area contributed by atoms with Gasteiger partial charge in [0.15, 0.2) is 0 Å². The highest BCUT2D eigenvalue weighted by Gasteiger charge is 2.31. The Morgan fingerprint density at radius 1 is 0.935 bits per heavy atom. The number of ether oxygens (including phenoxy) is 1. The number of amides is 1. The molecule has 0 heterocycles. The van der Waals surface area contributed by atoms with E-state index in [2.05, 4.69) is 17.4 Å². The highest BCUT2D eigenvalue weighted by Crippen LogP contribution is 2.44. The second kappa shape index (κ2) is 9.27. The fourth-order valence-electron chi connectivity index (χ4n) is 3.93. The second-order valence-electron chi connectivity index (χ2n) is 7.42. The van der Waals surface area contributed by atoms with Crippen molar-refractivity contribution in [2.45, 2.75) is 29.0 Å². The van der Waals surface area contributed by atoms with Crippen LogP contribution in [0.1, 0.15) is 24.0 Å². The van der Waals surface area contributed by atoms with Crippen molar-refractivity contribution in [2.24, 2.45) is 0 Å². The Balaban J connectivity index is 1.42. The van der Waals surface area contributed by atoms with Crippen LogP contribution in [-0.4, -0.2) is 35.1 Å². The molecule has 0 saturated heterocycles. The summed E-state index contributed by atoms with van der Waals surface area (Å²) in [6.45, 7) is 1.92. The van der Waals surface area contributed by atoms with Crippen LogP contribution in [-0.2, 0) is 9.53 Å². The first-order valence-electron chi connectivity index (χ1n) is 10.1. The van der Waals surface area contributed by atoms with Gasteiger partial charge in [-0.3, -0.25) is 0 Å².